The Morgan fingerprint density at radius 2 is 1.05 bits per heavy atom. The summed E-state index contributed by atoms with van der Waals surface area (Å²) in [6.07, 6.45) is 29.0. The van der Waals surface area contributed by atoms with Crippen LogP contribution in [0.2, 0.25) is 0 Å². The second kappa shape index (κ2) is 19.2. The maximum absolute atomic E-state index is 5.45. The molecule has 0 saturated carbocycles. The lowest BCUT2D eigenvalue weighted by Crippen LogP contribution is -1.96. The molecule has 0 unspecified atom stereocenters. The zero-order valence-corrected chi connectivity index (χ0v) is 14.2. The highest BCUT2D eigenvalue weighted by molar-refractivity contribution is 4.97. The van der Waals surface area contributed by atoms with Gasteiger partial charge in [-0.25, -0.2) is 0 Å². The van der Waals surface area contributed by atoms with Gasteiger partial charge in [0.1, 0.15) is 0 Å². The van der Waals surface area contributed by atoms with E-state index in [0.717, 1.165) is 25.8 Å². The molecule has 0 radical (unpaired) electrons. The van der Waals surface area contributed by atoms with Crippen molar-refractivity contribution in [2.45, 2.75) is 84.0 Å². The van der Waals surface area contributed by atoms with Crippen molar-refractivity contribution in [2.75, 3.05) is 6.54 Å². The molecule has 0 spiro atoms. The molecule has 21 heavy (non-hydrogen) atoms. The van der Waals surface area contributed by atoms with Gasteiger partial charge in [0, 0.05) is 0 Å². The molecule has 0 aliphatic rings. The van der Waals surface area contributed by atoms with E-state index in [9.17, 15) is 0 Å². The van der Waals surface area contributed by atoms with E-state index in [4.69, 9.17) is 5.73 Å². The first-order valence-corrected chi connectivity index (χ1v) is 9.06. The van der Waals surface area contributed by atoms with Crippen molar-refractivity contribution in [3.05, 3.63) is 36.5 Å². The van der Waals surface area contributed by atoms with E-state index in [1.165, 1.54) is 57.8 Å². The van der Waals surface area contributed by atoms with E-state index < -0.39 is 0 Å². The molecular formula is C20H37N. The third kappa shape index (κ3) is 19.2. The summed E-state index contributed by atoms with van der Waals surface area (Å²) in [6, 6.07) is 0. The van der Waals surface area contributed by atoms with Crippen LogP contribution in [0.15, 0.2) is 36.5 Å². The van der Waals surface area contributed by atoms with Crippen LogP contribution < -0.4 is 5.73 Å². The Morgan fingerprint density at radius 1 is 0.571 bits per heavy atom. The Balaban J connectivity index is 3.24. The molecule has 0 heterocycles. The molecule has 0 fully saturated rings. The lowest BCUT2D eigenvalue weighted by atomic mass is 10.1. The highest BCUT2D eigenvalue weighted by Gasteiger charge is 1.87. The summed E-state index contributed by atoms with van der Waals surface area (Å²) in [6.45, 7) is 3.09. The summed E-state index contributed by atoms with van der Waals surface area (Å²) >= 11 is 0. The average Bonchev–Trinajstić information content (AvgIpc) is 2.50. The van der Waals surface area contributed by atoms with Crippen LogP contribution in [0, 0.1) is 0 Å². The monoisotopic (exact) mass is 291 g/mol. The topological polar surface area (TPSA) is 26.0 Å². The van der Waals surface area contributed by atoms with Gasteiger partial charge in [0.15, 0.2) is 0 Å². The van der Waals surface area contributed by atoms with Crippen LogP contribution in [0.1, 0.15) is 84.0 Å². The fourth-order valence-corrected chi connectivity index (χ4v) is 2.23. The molecule has 0 aliphatic heterocycles. The summed E-state index contributed by atoms with van der Waals surface area (Å²) in [7, 11) is 0. The van der Waals surface area contributed by atoms with E-state index in [2.05, 4.69) is 43.4 Å². The Hall–Kier alpha value is -0.820. The molecule has 1 heteroatoms. The van der Waals surface area contributed by atoms with Gasteiger partial charge in [-0.2, -0.15) is 0 Å². The predicted octanol–water partition coefficient (Wildman–Crippen LogP) is 6.31. The smallest absolute Gasteiger partial charge is 0.00772 e. The van der Waals surface area contributed by atoms with E-state index in [0.29, 0.717) is 0 Å². The third-order valence-electron chi connectivity index (χ3n) is 3.59. The Labute approximate surface area is 133 Å². The van der Waals surface area contributed by atoms with Crippen molar-refractivity contribution < 1.29 is 0 Å². The molecule has 2 N–H and O–H groups in total. The zero-order chi connectivity index (χ0) is 15.4. The first-order valence-electron chi connectivity index (χ1n) is 9.06. The second-order valence-corrected chi connectivity index (χ2v) is 5.73. The molecule has 0 saturated heterocycles. The molecule has 0 rings (SSSR count). The first-order chi connectivity index (χ1) is 10.4. The number of rotatable bonds is 15. The van der Waals surface area contributed by atoms with E-state index in [1.54, 1.807) is 0 Å². The normalized spacial score (nSPS) is 12.3. The molecule has 0 amide bonds. The molecule has 0 aromatic rings. The minimum Gasteiger partial charge on any atom is -0.330 e. The minimum atomic E-state index is 0.818. The molecular weight excluding hydrogens is 254 g/mol. The van der Waals surface area contributed by atoms with Gasteiger partial charge in [0.25, 0.3) is 0 Å². The highest BCUT2D eigenvalue weighted by Crippen LogP contribution is 2.07. The summed E-state index contributed by atoms with van der Waals surface area (Å²) in [5.74, 6) is 0. The maximum atomic E-state index is 5.45. The Bertz CT molecular complexity index is 263. The summed E-state index contributed by atoms with van der Waals surface area (Å²) in [5, 5.41) is 0. The van der Waals surface area contributed by atoms with E-state index in [1.807, 2.05) is 0 Å². The van der Waals surface area contributed by atoms with Gasteiger partial charge < -0.3 is 5.73 Å². The van der Waals surface area contributed by atoms with Crippen LogP contribution in [0.3, 0.4) is 0 Å². The summed E-state index contributed by atoms with van der Waals surface area (Å²) in [4.78, 5) is 0. The number of hydrogen-bond donors (Lipinski definition) is 1. The predicted molar refractivity (Wildman–Crippen MR) is 97.6 cm³/mol. The van der Waals surface area contributed by atoms with Crippen LogP contribution >= 0.6 is 0 Å². The van der Waals surface area contributed by atoms with Gasteiger partial charge in [-0.15, -0.1) is 0 Å². The number of allylic oxidation sites excluding steroid dienone is 6. The van der Waals surface area contributed by atoms with Gasteiger partial charge in [0.05, 0.1) is 0 Å². The van der Waals surface area contributed by atoms with Gasteiger partial charge in [-0.05, 0) is 51.5 Å². The summed E-state index contributed by atoms with van der Waals surface area (Å²) < 4.78 is 0. The van der Waals surface area contributed by atoms with Crippen molar-refractivity contribution in [1.29, 1.82) is 0 Å². The number of hydrogen-bond acceptors (Lipinski definition) is 1. The first kappa shape index (κ1) is 20.2. The number of unbranched alkanes of at least 4 members (excludes halogenated alkanes) is 8. The van der Waals surface area contributed by atoms with Crippen molar-refractivity contribution >= 4 is 0 Å². The summed E-state index contributed by atoms with van der Waals surface area (Å²) in [5.41, 5.74) is 5.45. The van der Waals surface area contributed by atoms with Crippen LogP contribution in [0.25, 0.3) is 0 Å². The largest absolute Gasteiger partial charge is 0.330 e. The maximum Gasteiger partial charge on any atom is -0.00772 e. The van der Waals surface area contributed by atoms with Crippen LogP contribution in [-0.2, 0) is 0 Å². The van der Waals surface area contributed by atoms with Crippen molar-refractivity contribution in [3.63, 3.8) is 0 Å². The fraction of sp³-hybridized carbons (Fsp3) is 0.700. The lowest BCUT2D eigenvalue weighted by Gasteiger charge is -1.97. The van der Waals surface area contributed by atoms with Crippen molar-refractivity contribution in [1.82, 2.24) is 0 Å². The van der Waals surface area contributed by atoms with Gasteiger partial charge >= 0.3 is 0 Å². The minimum absolute atomic E-state index is 0.818. The van der Waals surface area contributed by atoms with Crippen LogP contribution in [0.4, 0.5) is 0 Å². The van der Waals surface area contributed by atoms with Gasteiger partial charge in [-0.3, -0.25) is 0 Å². The molecule has 1 nitrogen and oxygen atoms in total. The van der Waals surface area contributed by atoms with Crippen LogP contribution in [0.5, 0.6) is 0 Å². The van der Waals surface area contributed by atoms with Crippen molar-refractivity contribution in [2.24, 2.45) is 5.73 Å². The second-order valence-electron chi connectivity index (χ2n) is 5.73. The number of nitrogens with two attached hydrogens (primary N) is 1. The molecule has 0 atom stereocenters. The van der Waals surface area contributed by atoms with E-state index in [-0.39, 0.29) is 0 Å². The molecule has 0 aromatic heterocycles. The van der Waals surface area contributed by atoms with Crippen molar-refractivity contribution in [3.8, 4) is 0 Å². The zero-order valence-electron chi connectivity index (χ0n) is 14.2. The SMILES string of the molecule is CCCCCCCCC=CCC=CCC=CCCCCN. The standard InChI is InChI=1S/C20H37N/c1-2-3-4-5-6-7-8-9-10-11-12-13-14-15-16-17-18-19-20-21/h9-10,12-13,15-16H,2-8,11,14,17-21H2,1H3. The van der Waals surface area contributed by atoms with Gasteiger partial charge in [0.2, 0.25) is 0 Å². The molecule has 122 valence electrons. The molecule has 0 aliphatic carbocycles. The quantitative estimate of drug-likeness (QED) is 0.277. The average molecular weight is 292 g/mol. The lowest BCUT2D eigenvalue weighted by molar-refractivity contribution is 0.611. The Kier molecular flexibility index (Phi) is 18.4. The highest BCUT2D eigenvalue weighted by atomic mass is 14.5. The molecule has 0 bridgehead atoms. The van der Waals surface area contributed by atoms with Gasteiger partial charge in [-0.1, -0.05) is 75.5 Å². The third-order valence-corrected chi connectivity index (χ3v) is 3.59. The van der Waals surface area contributed by atoms with Crippen LogP contribution in [-0.4, -0.2) is 6.54 Å². The Morgan fingerprint density at radius 3 is 1.62 bits per heavy atom. The van der Waals surface area contributed by atoms with E-state index >= 15 is 0 Å². The molecule has 0 aromatic carbocycles. The fourth-order valence-electron chi connectivity index (χ4n) is 2.23.